The third-order valence-electron chi connectivity index (χ3n) is 6.80. The highest BCUT2D eigenvalue weighted by atomic mass is 19.1. The summed E-state index contributed by atoms with van der Waals surface area (Å²) in [4.78, 5) is 20.2. The molecule has 5 rings (SSSR count). The first kappa shape index (κ1) is 19.7. The van der Waals surface area contributed by atoms with E-state index in [1.54, 1.807) is 16.8 Å². The number of amides is 1. The van der Waals surface area contributed by atoms with Gasteiger partial charge in [0.1, 0.15) is 11.5 Å². The second kappa shape index (κ2) is 8.47. The topological polar surface area (TPSA) is 44.6 Å². The Morgan fingerprint density at radius 3 is 2.33 bits per heavy atom. The number of hydrogen-bond acceptors (Lipinski definition) is 4. The summed E-state index contributed by atoms with van der Waals surface area (Å²) in [6.07, 6.45) is 5.33. The van der Waals surface area contributed by atoms with Gasteiger partial charge in [-0.1, -0.05) is 12.1 Å². The van der Waals surface area contributed by atoms with Crippen molar-refractivity contribution in [3.05, 3.63) is 47.0 Å². The van der Waals surface area contributed by atoms with Crippen molar-refractivity contribution in [3.63, 3.8) is 0 Å². The number of para-hydroxylation sites is 1. The van der Waals surface area contributed by atoms with E-state index in [1.165, 1.54) is 32.0 Å². The molecule has 30 heavy (non-hydrogen) atoms. The van der Waals surface area contributed by atoms with Crippen molar-refractivity contribution in [2.24, 2.45) is 0 Å². The van der Waals surface area contributed by atoms with Crippen LogP contribution in [0.25, 0.3) is 5.69 Å². The lowest BCUT2D eigenvalue weighted by atomic mass is 10.1. The lowest BCUT2D eigenvalue weighted by Crippen LogP contribution is -2.50. The Bertz CT molecular complexity index is 912. The fourth-order valence-electron chi connectivity index (χ4n) is 5.05. The summed E-state index contributed by atoms with van der Waals surface area (Å²) in [7, 11) is 0. The number of carbonyl (C=O) groups excluding carboxylic acids is 1. The average Bonchev–Trinajstić information content (AvgIpc) is 3.51. The van der Waals surface area contributed by atoms with Crippen molar-refractivity contribution >= 4 is 5.91 Å². The number of likely N-dealkylation sites (tertiary alicyclic amines) is 1. The lowest BCUT2D eigenvalue weighted by Gasteiger charge is -2.35. The van der Waals surface area contributed by atoms with Crippen LogP contribution < -0.4 is 0 Å². The van der Waals surface area contributed by atoms with Crippen LogP contribution in [0.15, 0.2) is 24.3 Å². The molecule has 0 saturated carbocycles. The minimum Gasteiger partial charge on any atom is -0.335 e. The molecule has 1 amide bonds. The van der Waals surface area contributed by atoms with Crippen LogP contribution in [-0.2, 0) is 12.8 Å². The standard InChI is InChI=1S/C23H30FN5O/c24-19-7-1-2-8-21(19)29-20-9-5-6-18(20)22(25-29)23(30)28-16-14-27(15-17-28)13-12-26-10-3-4-11-26/h1-2,7-8H,3-6,9-17H2. The fraction of sp³-hybridized carbons (Fsp3) is 0.565. The molecule has 0 spiro atoms. The molecule has 0 N–H and O–H groups in total. The number of halogens is 1. The van der Waals surface area contributed by atoms with E-state index < -0.39 is 0 Å². The van der Waals surface area contributed by atoms with E-state index in [4.69, 9.17) is 0 Å². The molecule has 2 saturated heterocycles. The van der Waals surface area contributed by atoms with E-state index in [-0.39, 0.29) is 11.7 Å². The molecular formula is C23H30FN5O. The molecule has 0 atom stereocenters. The maximum atomic E-state index is 14.4. The summed E-state index contributed by atoms with van der Waals surface area (Å²) in [5, 5.41) is 4.61. The highest BCUT2D eigenvalue weighted by Gasteiger charge is 2.31. The molecule has 0 bridgehead atoms. The molecule has 2 fully saturated rings. The summed E-state index contributed by atoms with van der Waals surface area (Å²) in [5.41, 5.74) is 2.96. The summed E-state index contributed by atoms with van der Waals surface area (Å²) in [6, 6.07) is 6.66. The number of aromatic nitrogens is 2. The van der Waals surface area contributed by atoms with E-state index >= 15 is 0 Å². The predicted octanol–water partition coefficient (Wildman–Crippen LogP) is 2.35. The van der Waals surface area contributed by atoms with E-state index in [9.17, 15) is 9.18 Å². The minimum atomic E-state index is -0.305. The molecule has 3 heterocycles. The molecule has 1 aromatic carbocycles. The van der Waals surface area contributed by atoms with Crippen LogP contribution in [0.5, 0.6) is 0 Å². The maximum Gasteiger partial charge on any atom is 0.274 e. The van der Waals surface area contributed by atoms with E-state index in [2.05, 4.69) is 14.9 Å². The van der Waals surface area contributed by atoms with Crippen LogP contribution in [0.2, 0.25) is 0 Å². The average molecular weight is 412 g/mol. The van der Waals surface area contributed by atoms with Gasteiger partial charge in [-0.3, -0.25) is 9.69 Å². The second-order valence-corrected chi connectivity index (χ2v) is 8.67. The van der Waals surface area contributed by atoms with Crippen LogP contribution in [0.4, 0.5) is 4.39 Å². The van der Waals surface area contributed by atoms with Gasteiger partial charge in [0, 0.05) is 50.5 Å². The molecule has 6 nitrogen and oxygen atoms in total. The number of piperazine rings is 1. The molecular weight excluding hydrogens is 381 g/mol. The summed E-state index contributed by atoms with van der Waals surface area (Å²) < 4.78 is 16.0. The van der Waals surface area contributed by atoms with Crippen molar-refractivity contribution in [3.8, 4) is 5.69 Å². The van der Waals surface area contributed by atoms with Gasteiger partial charge in [0.2, 0.25) is 0 Å². The van der Waals surface area contributed by atoms with Crippen molar-refractivity contribution < 1.29 is 9.18 Å². The van der Waals surface area contributed by atoms with Gasteiger partial charge >= 0.3 is 0 Å². The highest BCUT2D eigenvalue weighted by Crippen LogP contribution is 2.29. The fourth-order valence-corrected chi connectivity index (χ4v) is 5.05. The lowest BCUT2D eigenvalue weighted by molar-refractivity contribution is 0.0619. The van der Waals surface area contributed by atoms with Crippen molar-refractivity contribution in [1.82, 2.24) is 24.5 Å². The third-order valence-corrected chi connectivity index (χ3v) is 6.80. The zero-order valence-corrected chi connectivity index (χ0v) is 17.5. The SMILES string of the molecule is O=C(c1nn(-c2ccccc2F)c2c1CCC2)N1CCN(CCN2CCCC2)CC1. The smallest absolute Gasteiger partial charge is 0.274 e. The molecule has 2 aromatic rings. The molecule has 1 aromatic heterocycles. The molecule has 3 aliphatic rings. The monoisotopic (exact) mass is 411 g/mol. The minimum absolute atomic E-state index is 0.00225. The Morgan fingerprint density at radius 1 is 0.900 bits per heavy atom. The number of nitrogens with zero attached hydrogens (tertiary/aromatic N) is 5. The first-order valence-corrected chi connectivity index (χ1v) is 11.3. The van der Waals surface area contributed by atoms with Gasteiger partial charge in [0.15, 0.2) is 5.69 Å². The molecule has 7 heteroatoms. The van der Waals surface area contributed by atoms with Crippen molar-refractivity contribution in [2.45, 2.75) is 32.1 Å². The van der Waals surface area contributed by atoms with Crippen molar-refractivity contribution in [2.75, 3.05) is 52.4 Å². The first-order valence-electron chi connectivity index (χ1n) is 11.3. The van der Waals surface area contributed by atoms with Crippen LogP contribution in [0, 0.1) is 5.82 Å². The Hall–Kier alpha value is -2.25. The third kappa shape index (κ3) is 3.76. The number of benzene rings is 1. The predicted molar refractivity (Wildman–Crippen MR) is 114 cm³/mol. The number of fused-ring (bicyclic) bond motifs is 1. The quantitative estimate of drug-likeness (QED) is 0.758. The highest BCUT2D eigenvalue weighted by molar-refractivity contribution is 5.94. The summed E-state index contributed by atoms with van der Waals surface area (Å²) >= 11 is 0. The van der Waals surface area contributed by atoms with E-state index in [1.807, 2.05) is 11.0 Å². The second-order valence-electron chi connectivity index (χ2n) is 8.67. The Labute approximate surface area is 177 Å². The van der Waals surface area contributed by atoms with Gasteiger partial charge in [-0.2, -0.15) is 5.10 Å². The molecule has 160 valence electrons. The Kier molecular flexibility index (Phi) is 5.56. The maximum absolute atomic E-state index is 14.4. The van der Waals surface area contributed by atoms with Crippen LogP contribution in [0.3, 0.4) is 0 Å². The Balaban J connectivity index is 1.27. The van der Waals surface area contributed by atoms with Crippen LogP contribution in [-0.4, -0.2) is 82.7 Å². The van der Waals surface area contributed by atoms with E-state index in [0.717, 1.165) is 69.8 Å². The largest absolute Gasteiger partial charge is 0.335 e. The molecule has 1 aliphatic carbocycles. The van der Waals surface area contributed by atoms with Crippen molar-refractivity contribution in [1.29, 1.82) is 0 Å². The zero-order chi connectivity index (χ0) is 20.5. The van der Waals surface area contributed by atoms with Gasteiger partial charge in [-0.15, -0.1) is 0 Å². The Morgan fingerprint density at radius 2 is 1.60 bits per heavy atom. The molecule has 0 unspecified atom stereocenters. The van der Waals surface area contributed by atoms with Crippen LogP contribution in [0.1, 0.15) is 41.0 Å². The number of rotatable bonds is 5. The number of carbonyl (C=O) groups is 1. The summed E-state index contributed by atoms with van der Waals surface area (Å²) in [5.74, 6) is -0.303. The van der Waals surface area contributed by atoms with E-state index in [0.29, 0.717) is 11.4 Å². The van der Waals surface area contributed by atoms with Gasteiger partial charge in [-0.25, -0.2) is 9.07 Å². The molecule has 0 radical (unpaired) electrons. The summed E-state index contributed by atoms with van der Waals surface area (Å²) in [6.45, 7) is 7.97. The van der Waals surface area contributed by atoms with Gasteiger partial charge in [0.25, 0.3) is 5.91 Å². The number of hydrogen-bond donors (Lipinski definition) is 0. The van der Waals surface area contributed by atoms with Gasteiger partial charge in [-0.05, 0) is 57.3 Å². The van der Waals surface area contributed by atoms with Gasteiger partial charge < -0.3 is 9.80 Å². The normalized spacial score (nSPS) is 20.1. The molecule has 2 aliphatic heterocycles. The van der Waals surface area contributed by atoms with Gasteiger partial charge in [0.05, 0.1) is 0 Å². The van der Waals surface area contributed by atoms with Crippen LogP contribution >= 0.6 is 0 Å². The first-order chi connectivity index (χ1) is 14.7. The zero-order valence-electron chi connectivity index (χ0n) is 17.5.